The maximum absolute atomic E-state index is 12.4. The quantitative estimate of drug-likeness (QED) is 0.874. The Morgan fingerprint density at radius 2 is 2.14 bits per heavy atom. The molecule has 0 bridgehead atoms. The zero-order valence-corrected chi connectivity index (χ0v) is 13.1. The number of rotatable bonds is 6. The summed E-state index contributed by atoms with van der Waals surface area (Å²) in [6.45, 7) is 5.97. The molecular weight excluding hydrogens is 264 g/mol. The molecule has 116 valence electrons. The highest BCUT2D eigenvalue weighted by atomic mass is 16.5. The number of piperidine rings is 1. The number of nitrogens with zero attached hydrogens (tertiary/aromatic N) is 1. The van der Waals surface area contributed by atoms with Crippen LogP contribution in [0.1, 0.15) is 39.5 Å². The lowest BCUT2D eigenvalue weighted by Crippen LogP contribution is -2.45. The number of carbonyl (C=O) groups is 1. The van der Waals surface area contributed by atoms with Crippen molar-refractivity contribution in [2.45, 2.75) is 45.6 Å². The number of anilines is 1. The van der Waals surface area contributed by atoms with Crippen molar-refractivity contribution in [2.75, 3.05) is 25.0 Å². The van der Waals surface area contributed by atoms with Gasteiger partial charge in [-0.2, -0.15) is 0 Å². The second-order valence-electron chi connectivity index (χ2n) is 5.43. The molecule has 1 atom stereocenters. The Labute approximate surface area is 127 Å². The summed E-state index contributed by atoms with van der Waals surface area (Å²) in [5.41, 5.74) is 0.887. The van der Waals surface area contributed by atoms with Gasteiger partial charge in [0.25, 0.3) is 0 Å². The first-order chi connectivity index (χ1) is 10.3. The zero-order chi connectivity index (χ0) is 15.1. The van der Waals surface area contributed by atoms with E-state index in [1.807, 2.05) is 36.1 Å². The summed E-state index contributed by atoms with van der Waals surface area (Å²) in [7, 11) is 0. The maximum Gasteiger partial charge on any atom is 0.242 e. The Morgan fingerprint density at radius 1 is 1.33 bits per heavy atom. The third-order valence-corrected chi connectivity index (χ3v) is 4.04. The van der Waals surface area contributed by atoms with Gasteiger partial charge in [-0.15, -0.1) is 0 Å². The molecule has 4 heteroatoms. The van der Waals surface area contributed by atoms with Crippen molar-refractivity contribution in [1.82, 2.24) is 4.90 Å². The third kappa shape index (κ3) is 4.13. The minimum absolute atomic E-state index is 0.188. The molecule has 0 spiro atoms. The van der Waals surface area contributed by atoms with Gasteiger partial charge in [0, 0.05) is 12.6 Å². The smallest absolute Gasteiger partial charge is 0.242 e. The first kappa shape index (κ1) is 15.7. The van der Waals surface area contributed by atoms with Crippen LogP contribution < -0.4 is 10.1 Å². The summed E-state index contributed by atoms with van der Waals surface area (Å²) in [4.78, 5) is 14.5. The average Bonchev–Trinajstić information content (AvgIpc) is 2.54. The summed E-state index contributed by atoms with van der Waals surface area (Å²) in [6.07, 6.45) is 4.54. The Bertz CT molecular complexity index is 462. The van der Waals surface area contributed by atoms with Crippen molar-refractivity contribution in [2.24, 2.45) is 0 Å². The zero-order valence-electron chi connectivity index (χ0n) is 13.1. The van der Waals surface area contributed by atoms with Crippen molar-refractivity contribution < 1.29 is 9.53 Å². The topological polar surface area (TPSA) is 41.6 Å². The third-order valence-electron chi connectivity index (χ3n) is 4.04. The molecule has 1 aliphatic rings. The lowest BCUT2D eigenvalue weighted by Gasteiger charge is -2.35. The summed E-state index contributed by atoms with van der Waals surface area (Å²) >= 11 is 0. The highest BCUT2D eigenvalue weighted by Crippen LogP contribution is 2.24. The fourth-order valence-electron chi connectivity index (χ4n) is 2.92. The van der Waals surface area contributed by atoms with Crippen LogP contribution in [0, 0.1) is 0 Å². The number of likely N-dealkylation sites (tertiary alicyclic amines) is 1. The molecule has 1 aliphatic heterocycles. The van der Waals surface area contributed by atoms with Gasteiger partial charge in [-0.1, -0.05) is 19.1 Å². The van der Waals surface area contributed by atoms with E-state index >= 15 is 0 Å². The first-order valence-electron chi connectivity index (χ1n) is 8.01. The molecule has 1 heterocycles. The van der Waals surface area contributed by atoms with Gasteiger partial charge < -0.3 is 15.0 Å². The van der Waals surface area contributed by atoms with Crippen LogP contribution in [0.15, 0.2) is 24.3 Å². The number of para-hydroxylation sites is 2. The van der Waals surface area contributed by atoms with Gasteiger partial charge in [-0.25, -0.2) is 0 Å². The maximum atomic E-state index is 12.4. The monoisotopic (exact) mass is 290 g/mol. The van der Waals surface area contributed by atoms with Gasteiger partial charge in [0.2, 0.25) is 5.91 Å². The predicted octanol–water partition coefficient (Wildman–Crippen LogP) is 3.29. The van der Waals surface area contributed by atoms with E-state index in [4.69, 9.17) is 4.74 Å². The van der Waals surface area contributed by atoms with E-state index in [9.17, 15) is 4.79 Å². The molecule has 1 aromatic carbocycles. The number of hydrogen-bond acceptors (Lipinski definition) is 3. The van der Waals surface area contributed by atoms with E-state index < -0.39 is 0 Å². The van der Waals surface area contributed by atoms with Crippen molar-refractivity contribution in [3.8, 4) is 5.75 Å². The molecule has 1 N–H and O–H groups in total. The van der Waals surface area contributed by atoms with Gasteiger partial charge in [-0.05, 0) is 44.7 Å². The SMILES string of the molecule is CCOc1ccccc1NCC(=O)N1CCCCC1CC. The molecular formula is C17H26N2O2. The van der Waals surface area contributed by atoms with E-state index in [0.29, 0.717) is 19.2 Å². The van der Waals surface area contributed by atoms with Crippen LogP contribution in [0.3, 0.4) is 0 Å². The normalized spacial score (nSPS) is 18.4. The highest BCUT2D eigenvalue weighted by Gasteiger charge is 2.24. The van der Waals surface area contributed by atoms with Gasteiger partial charge in [0.1, 0.15) is 5.75 Å². The molecule has 1 fully saturated rings. The molecule has 0 aromatic heterocycles. The lowest BCUT2D eigenvalue weighted by atomic mass is 10.00. The molecule has 4 nitrogen and oxygen atoms in total. The molecule has 1 aromatic rings. The van der Waals surface area contributed by atoms with E-state index in [2.05, 4.69) is 12.2 Å². The number of benzene rings is 1. The van der Waals surface area contributed by atoms with Crippen molar-refractivity contribution in [3.05, 3.63) is 24.3 Å². The minimum Gasteiger partial charge on any atom is -0.492 e. The molecule has 21 heavy (non-hydrogen) atoms. The number of carbonyl (C=O) groups excluding carboxylic acids is 1. The number of amides is 1. The molecule has 2 rings (SSSR count). The number of hydrogen-bond donors (Lipinski definition) is 1. The van der Waals surface area contributed by atoms with E-state index in [-0.39, 0.29) is 5.91 Å². The summed E-state index contributed by atoms with van der Waals surface area (Å²) in [5, 5.41) is 3.22. The van der Waals surface area contributed by atoms with Crippen LogP contribution in [0.2, 0.25) is 0 Å². The summed E-state index contributed by atoms with van der Waals surface area (Å²) in [6, 6.07) is 8.17. The molecule has 0 saturated carbocycles. The number of nitrogens with one attached hydrogen (secondary N) is 1. The van der Waals surface area contributed by atoms with E-state index in [0.717, 1.165) is 37.2 Å². The van der Waals surface area contributed by atoms with Gasteiger partial charge in [0.15, 0.2) is 0 Å². The summed E-state index contributed by atoms with van der Waals surface area (Å²) in [5.74, 6) is 0.992. The van der Waals surface area contributed by atoms with Crippen LogP contribution in [-0.4, -0.2) is 36.5 Å². The Balaban J connectivity index is 1.94. The van der Waals surface area contributed by atoms with Gasteiger partial charge in [0.05, 0.1) is 18.8 Å². The molecule has 1 amide bonds. The van der Waals surface area contributed by atoms with Gasteiger partial charge in [-0.3, -0.25) is 4.79 Å². The molecule has 0 radical (unpaired) electrons. The number of ether oxygens (including phenoxy) is 1. The molecule has 1 saturated heterocycles. The predicted molar refractivity (Wildman–Crippen MR) is 85.7 cm³/mol. The van der Waals surface area contributed by atoms with Crippen LogP contribution in [0.5, 0.6) is 5.75 Å². The molecule has 0 aliphatic carbocycles. The second kappa shape index (κ2) is 7.91. The van der Waals surface area contributed by atoms with Crippen LogP contribution in [0.25, 0.3) is 0 Å². The highest BCUT2D eigenvalue weighted by molar-refractivity contribution is 5.81. The molecule has 1 unspecified atom stereocenters. The van der Waals surface area contributed by atoms with E-state index in [1.165, 1.54) is 6.42 Å². The Hall–Kier alpha value is -1.71. The summed E-state index contributed by atoms with van der Waals surface area (Å²) < 4.78 is 5.57. The van der Waals surface area contributed by atoms with Crippen molar-refractivity contribution in [1.29, 1.82) is 0 Å². The van der Waals surface area contributed by atoms with Crippen LogP contribution >= 0.6 is 0 Å². The Morgan fingerprint density at radius 3 is 2.90 bits per heavy atom. The van der Waals surface area contributed by atoms with Crippen molar-refractivity contribution in [3.63, 3.8) is 0 Å². The fourth-order valence-corrected chi connectivity index (χ4v) is 2.92. The Kier molecular flexibility index (Phi) is 5.90. The van der Waals surface area contributed by atoms with Crippen molar-refractivity contribution >= 4 is 11.6 Å². The standard InChI is InChI=1S/C17H26N2O2/c1-3-14-9-7-8-12-19(14)17(20)13-18-15-10-5-6-11-16(15)21-4-2/h5-6,10-11,14,18H,3-4,7-9,12-13H2,1-2H3. The lowest BCUT2D eigenvalue weighted by molar-refractivity contribution is -0.133. The largest absolute Gasteiger partial charge is 0.492 e. The minimum atomic E-state index is 0.188. The second-order valence-corrected chi connectivity index (χ2v) is 5.43. The fraction of sp³-hybridized carbons (Fsp3) is 0.588. The average molecular weight is 290 g/mol. The van der Waals surface area contributed by atoms with Gasteiger partial charge >= 0.3 is 0 Å². The van der Waals surface area contributed by atoms with Crippen LogP contribution in [0.4, 0.5) is 5.69 Å². The van der Waals surface area contributed by atoms with Crippen LogP contribution in [-0.2, 0) is 4.79 Å². The first-order valence-corrected chi connectivity index (χ1v) is 8.01. The van der Waals surface area contributed by atoms with E-state index in [1.54, 1.807) is 0 Å².